The van der Waals surface area contributed by atoms with Gasteiger partial charge in [-0.25, -0.2) is 0 Å². The van der Waals surface area contributed by atoms with Crippen LogP contribution in [0.15, 0.2) is 24.3 Å². The molecule has 1 unspecified atom stereocenters. The standard InChI is InChI=1S/C13H22O2/c1-5-13(14)15-10-9-12(4)8-6-7-11(2)3/h6-7,12H,2,5,8-10H2,1,3-4H3/b7-6+. The third-order valence-corrected chi connectivity index (χ3v) is 2.10. The van der Waals surface area contributed by atoms with Crippen LogP contribution in [-0.4, -0.2) is 12.6 Å². The van der Waals surface area contributed by atoms with Gasteiger partial charge in [-0.05, 0) is 25.7 Å². The molecule has 0 rings (SSSR count). The van der Waals surface area contributed by atoms with Crippen molar-refractivity contribution in [1.29, 1.82) is 0 Å². The Morgan fingerprint density at radius 1 is 1.53 bits per heavy atom. The minimum absolute atomic E-state index is 0.111. The Morgan fingerprint density at radius 3 is 2.73 bits per heavy atom. The van der Waals surface area contributed by atoms with Gasteiger partial charge in [0.15, 0.2) is 0 Å². The van der Waals surface area contributed by atoms with Gasteiger partial charge in [0.1, 0.15) is 0 Å². The van der Waals surface area contributed by atoms with Crippen LogP contribution in [0.4, 0.5) is 0 Å². The van der Waals surface area contributed by atoms with Gasteiger partial charge >= 0.3 is 5.97 Å². The molecule has 2 nitrogen and oxygen atoms in total. The highest BCUT2D eigenvalue weighted by Gasteiger charge is 2.02. The third kappa shape index (κ3) is 9.26. The van der Waals surface area contributed by atoms with Gasteiger partial charge in [-0.2, -0.15) is 0 Å². The number of rotatable bonds is 7. The summed E-state index contributed by atoms with van der Waals surface area (Å²) in [6.45, 7) is 10.3. The van der Waals surface area contributed by atoms with E-state index in [9.17, 15) is 4.79 Å². The van der Waals surface area contributed by atoms with Gasteiger partial charge in [0.25, 0.3) is 0 Å². The summed E-state index contributed by atoms with van der Waals surface area (Å²) in [5.41, 5.74) is 1.07. The molecule has 86 valence electrons. The quantitative estimate of drug-likeness (QED) is 0.475. The predicted molar refractivity (Wildman–Crippen MR) is 63.6 cm³/mol. The molecule has 0 fully saturated rings. The maximum Gasteiger partial charge on any atom is 0.305 e. The highest BCUT2D eigenvalue weighted by molar-refractivity contribution is 5.68. The number of carbonyl (C=O) groups is 1. The summed E-state index contributed by atoms with van der Waals surface area (Å²) in [5.74, 6) is 0.435. The van der Waals surface area contributed by atoms with Crippen LogP contribution in [0.3, 0.4) is 0 Å². The van der Waals surface area contributed by atoms with Crippen LogP contribution in [0.1, 0.15) is 40.0 Å². The maximum atomic E-state index is 10.8. The van der Waals surface area contributed by atoms with Gasteiger partial charge in [0.05, 0.1) is 6.61 Å². The first-order chi connectivity index (χ1) is 7.06. The Labute approximate surface area is 93.0 Å². The van der Waals surface area contributed by atoms with Crippen LogP contribution in [0, 0.1) is 5.92 Å². The summed E-state index contributed by atoms with van der Waals surface area (Å²) in [6.07, 6.45) is 6.54. The molecule has 0 aliphatic rings. The van der Waals surface area contributed by atoms with Crippen LogP contribution >= 0.6 is 0 Å². The Hall–Kier alpha value is -1.05. The largest absolute Gasteiger partial charge is 0.466 e. The van der Waals surface area contributed by atoms with Crippen LogP contribution in [0.2, 0.25) is 0 Å². The third-order valence-electron chi connectivity index (χ3n) is 2.10. The van der Waals surface area contributed by atoms with Crippen molar-refractivity contribution in [2.45, 2.75) is 40.0 Å². The Kier molecular flexibility index (Phi) is 7.69. The molecule has 0 bridgehead atoms. The summed E-state index contributed by atoms with van der Waals surface area (Å²) in [6, 6.07) is 0. The zero-order valence-corrected chi connectivity index (χ0v) is 10.1. The van der Waals surface area contributed by atoms with Crippen LogP contribution in [-0.2, 0) is 9.53 Å². The number of hydrogen-bond acceptors (Lipinski definition) is 2. The highest BCUT2D eigenvalue weighted by Crippen LogP contribution is 2.09. The van der Waals surface area contributed by atoms with Gasteiger partial charge in [-0.3, -0.25) is 4.79 Å². The maximum absolute atomic E-state index is 10.8. The lowest BCUT2D eigenvalue weighted by Gasteiger charge is -2.08. The molecule has 1 atom stereocenters. The van der Waals surface area contributed by atoms with E-state index in [1.165, 1.54) is 0 Å². The number of carbonyl (C=O) groups excluding carboxylic acids is 1. The Morgan fingerprint density at radius 2 is 2.20 bits per heavy atom. The average molecular weight is 210 g/mol. The average Bonchev–Trinajstić information content (AvgIpc) is 2.17. The SMILES string of the molecule is C=C(C)/C=C/CC(C)CCOC(=O)CC. The first-order valence-corrected chi connectivity index (χ1v) is 5.54. The normalized spacial score (nSPS) is 12.7. The fourth-order valence-corrected chi connectivity index (χ4v) is 1.10. The first-order valence-electron chi connectivity index (χ1n) is 5.54. The van der Waals surface area contributed by atoms with E-state index < -0.39 is 0 Å². The molecule has 0 saturated heterocycles. The number of hydrogen-bond donors (Lipinski definition) is 0. The summed E-state index contributed by atoms with van der Waals surface area (Å²) in [5, 5.41) is 0. The minimum Gasteiger partial charge on any atom is -0.466 e. The number of ether oxygens (including phenoxy) is 1. The van der Waals surface area contributed by atoms with Crippen molar-refractivity contribution < 1.29 is 9.53 Å². The van der Waals surface area contributed by atoms with E-state index in [1.807, 2.05) is 13.0 Å². The second-order valence-electron chi connectivity index (χ2n) is 3.95. The van der Waals surface area contributed by atoms with E-state index in [1.54, 1.807) is 6.92 Å². The van der Waals surface area contributed by atoms with Crippen molar-refractivity contribution in [3.05, 3.63) is 24.3 Å². The molecule has 0 saturated carbocycles. The Bertz CT molecular complexity index is 229. The van der Waals surface area contributed by atoms with Gasteiger partial charge in [0.2, 0.25) is 0 Å². The topological polar surface area (TPSA) is 26.3 Å². The molecule has 2 heteroatoms. The van der Waals surface area contributed by atoms with E-state index in [0.717, 1.165) is 18.4 Å². The van der Waals surface area contributed by atoms with Crippen molar-refractivity contribution in [2.24, 2.45) is 5.92 Å². The smallest absolute Gasteiger partial charge is 0.305 e. The van der Waals surface area contributed by atoms with Crippen molar-refractivity contribution >= 4 is 5.97 Å². The molecular formula is C13H22O2. The fourth-order valence-electron chi connectivity index (χ4n) is 1.10. The highest BCUT2D eigenvalue weighted by atomic mass is 16.5. The van der Waals surface area contributed by atoms with Gasteiger partial charge in [-0.1, -0.05) is 38.2 Å². The molecule has 0 radical (unpaired) electrons. The van der Waals surface area contributed by atoms with Crippen LogP contribution < -0.4 is 0 Å². The number of esters is 1. The van der Waals surface area contributed by atoms with E-state index in [2.05, 4.69) is 19.6 Å². The Balaban J connectivity index is 3.53. The second kappa shape index (κ2) is 8.27. The number of allylic oxidation sites excluding steroid dienone is 3. The van der Waals surface area contributed by atoms with Gasteiger partial charge < -0.3 is 4.74 Å². The molecule has 0 amide bonds. The molecule has 0 aliphatic carbocycles. The first kappa shape index (κ1) is 13.9. The molecule has 0 N–H and O–H groups in total. The monoisotopic (exact) mass is 210 g/mol. The van der Waals surface area contributed by atoms with Crippen molar-refractivity contribution in [3.8, 4) is 0 Å². The minimum atomic E-state index is -0.111. The molecule has 0 aliphatic heterocycles. The van der Waals surface area contributed by atoms with Gasteiger partial charge in [-0.15, -0.1) is 0 Å². The molecule has 0 heterocycles. The van der Waals surface area contributed by atoms with E-state index in [-0.39, 0.29) is 5.97 Å². The van der Waals surface area contributed by atoms with E-state index in [0.29, 0.717) is 18.9 Å². The molecule has 0 aromatic heterocycles. The van der Waals surface area contributed by atoms with Crippen molar-refractivity contribution in [1.82, 2.24) is 0 Å². The summed E-state index contributed by atoms with van der Waals surface area (Å²) >= 11 is 0. The molecule has 15 heavy (non-hydrogen) atoms. The van der Waals surface area contributed by atoms with Crippen molar-refractivity contribution in [2.75, 3.05) is 6.61 Å². The van der Waals surface area contributed by atoms with E-state index >= 15 is 0 Å². The summed E-state index contributed by atoms with van der Waals surface area (Å²) in [4.78, 5) is 10.8. The zero-order valence-electron chi connectivity index (χ0n) is 10.1. The lowest BCUT2D eigenvalue weighted by molar-refractivity contribution is -0.143. The zero-order chi connectivity index (χ0) is 11.7. The predicted octanol–water partition coefficient (Wildman–Crippen LogP) is 3.49. The molecule has 0 aromatic carbocycles. The van der Waals surface area contributed by atoms with Gasteiger partial charge in [0, 0.05) is 6.42 Å². The van der Waals surface area contributed by atoms with E-state index in [4.69, 9.17) is 4.74 Å². The molecule has 0 spiro atoms. The second-order valence-corrected chi connectivity index (χ2v) is 3.95. The lowest BCUT2D eigenvalue weighted by Crippen LogP contribution is -2.06. The van der Waals surface area contributed by atoms with Crippen LogP contribution in [0.5, 0.6) is 0 Å². The molecule has 0 aromatic rings. The summed E-state index contributed by atoms with van der Waals surface area (Å²) < 4.78 is 5.01. The lowest BCUT2D eigenvalue weighted by atomic mass is 10.0. The van der Waals surface area contributed by atoms with Crippen LogP contribution in [0.25, 0.3) is 0 Å². The van der Waals surface area contributed by atoms with Crippen molar-refractivity contribution in [3.63, 3.8) is 0 Å². The molecular weight excluding hydrogens is 188 g/mol. The summed E-state index contributed by atoms with van der Waals surface area (Å²) in [7, 11) is 0. The fraction of sp³-hybridized carbons (Fsp3) is 0.615.